The fourth-order valence-corrected chi connectivity index (χ4v) is 8.80. The Balaban J connectivity index is 0.000000147. The lowest BCUT2D eigenvalue weighted by atomic mass is 10.1. The average Bonchev–Trinajstić information content (AvgIpc) is 4.07. The van der Waals surface area contributed by atoms with Crippen molar-refractivity contribution in [3.63, 3.8) is 0 Å². The van der Waals surface area contributed by atoms with Gasteiger partial charge in [0.1, 0.15) is 34.7 Å². The molecule has 4 N–H and O–H groups in total. The number of pyridine rings is 4. The van der Waals surface area contributed by atoms with Gasteiger partial charge in [-0.3, -0.25) is 15.5 Å². The number of hydrogen-bond donors (Lipinski definition) is 4. The molecule has 62 heavy (non-hydrogen) atoms. The first-order valence-corrected chi connectivity index (χ1v) is 20.5. The number of aliphatic hydroxyl groups is 1. The van der Waals surface area contributed by atoms with E-state index in [1.165, 1.54) is 11.1 Å². The summed E-state index contributed by atoms with van der Waals surface area (Å²) in [7, 11) is 0. The molecule has 4 aromatic heterocycles. The Morgan fingerprint density at radius 1 is 0.774 bits per heavy atom. The summed E-state index contributed by atoms with van der Waals surface area (Å²) in [5.41, 5.74) is 0.0468. The third kappa shape index (κ3) is 8.96. The van der Waals surface area contributed by atoms with Crippen molar-refractivity contribution in [1.29, 1.82) is 0 Å². The van der Waals surface area contributed by atoms with E-state index in [0.717, 1.165) is 30.1 Å². The van der Waals surface area contributed by atoms with Crippen molar-refractivity contribution in [2.24, 2.45) is 0 Å². The Kier molecular flexibility index (Phi) is 12.0. The molecule has 0 aromatic carbocycles. The fraction of sp³-hybridized carbons (Fsp3) is 0.450. The highest BCUT2D eigenvalue weighted by Gasteiger charge is 2.52. The SMILES string of the molecule is FC(F)(F)[C@@H]1CCCN1.O=C(Nc1ccccn1)N1c2nc(Cl)ccc2N2CC[C@H]1C2.O=C(Nc1ccccn1)N1c2nc(N3CCC[C@H]3C(F)(F)F)ccc2N2CC[C@@]1(O)C2. The van der Waals surface area contributed by atoms with Crippen molar-refractivity contribution in [3.8, 4) is 0 Å². The molecule has 4 bridgehead atoms. The minimum Gasteiger partial charge on any atom is -0.368 e. The first-order valence-electron chi connectivity index (χ1n) is 20.2. The van der Waals surface area contributed by atoms with Crippen molar-refractivity contribution in [2.75, 3.05) is 74.4 Å². The van der Waals surface area contributed by atoms with Gasteiger partial charge < -0.3 is 25.1 Å². The number of anilines is 7. The molecule has 6 aliphatic heterocycles. The number of nitrogens with zero attached hydrogens (tertiary/aromatic N) is 9. The van der Waals surface area contributed by atoms with Crippen LogP contribution in [0.5, 0.6) is 0 Å². The van der Waals surface area contributed by atoms with Crippen LogP contribution in [0.15, 0.2) is 73.1 Å². The standard InChI is InChI=1S/C20H21F3N6O2.C15H14ClN5O.C5H8F3N/c21-20(22,23)14-4-3-10-28(14)16-7-6-13-17(26-16)29(19(31)8-11-27(13)12-19)18(30)25-15-5-1-2-9-24-15;16-12-5-4-11-14(18-12)21(10-6-8-20(11)9-10)15(22)19-13-3-1-2-7-17-13;6-5(7,8)4-2-1-3-9-4/h1-2,5-7,9,14,31H,3-4,8,10-12H2,(H,24,25,30);1-5,7,10H,6,8-9H2,(H,17,19,22);4,9H,1-3H2/t14-,19+;10-;4-/m000/s1. The van der Waals surface area contributed by atoms with Crippen LogP contribution in [0.3, 0.4) is 0 Å². The Bertz CT molecular complexity index is 2240. The zero-order valence-electron chi connectivity index (χ0n) is 33.1. The maximum absolute atomic E-state index is 13.5. The van der Waals surface area contributed by atoms with Gasteiger partial charge in [0.2, 0.25) is 0 Å². The minimum atomic E-state index is -4.37. The van der Waals surface area contributed by atoms with Crippen LogP contribution in [-0.2, 0) is 0 Å². The molecule has 4 atom stereocenters. The summed E-state index contributed by atoms with van der Waals surface area (Å²) in [5.74, 6) is 1.72. The molecule has 4 aromatic rings. The molecule has 0 saturated carbocycles. The number of hydrogen-bond acceptors (Lipinski definition) is 11. The number of nitrogens with one attached hydrogen (secondary N) is 3. The molecule has 15 nitrogen and oxygen atoms in total. The molecule has 22 heteroatoms. The van der Waals surface area contributed by atoms with Crippen LogP contribution in [0.1, 0.15) is 38.5 Å². The normalized spacial score (nSPS) is 23.5. The first-order chi connectivity index (χ1) is 29.6. The number of amides is 4. The molecule has 10 rings (SSSR count). The monoisotopic (exact) mass is 888 g/mol. The Morgan fingerprint density at radius 3 is 2.10 bits per heavy atom. The van der Waals surface area contributed by atoms with Gasteiger partial charge in [0, 0.05) is 45.0 Å². The topological polar surface area (TPSA) is 158 Å². The molecule has 6 aliphatic rings. The smallest absolute Gasteiger partial charge is 0.368 e. The van der Waals surface area contributed by atoms with Gasteiger partial charge in [-0.15, -0.1) is 0 Å². The summed E-state index contributed by atoms with van der Waals surface area (Å²) in [4.78, 5) is 51.1. The van der Waals surface area contributed by atoms with E-state index in [1.807, 2.05) is 23.1 Å². The van der Waals surface area contributed by atoms with Crippen molar-refractivity contribution in [2.45, 2.75) is 74.7 Å². The second kappa shape index (κ2) is 17.2. The van der Waals surface area contributed by atoms with Gasteiger partial charge in [-0.1, -0.05) is 23.7 Å². The van der Waals surface area contributed by atoms with Gasteiger partial charge in [-0.05, 0) is 87.2 Å². The molecule has 4 saturated heterocycles. The van der Waals surface area contributed by atoms with Gasteiger partial charge in [0.25, 0.3) is 0 Å². The van der Waals surface area contributed by atoms with Crippen LogP contribution < -0.4 is 40.4 Å². The van der Waals surface area contributed by atoms with Gasteiger partial charge in [0.15, 0.2) is 17.4 Å². The molecule has 10 heterocycles. The number of halogens is 7. The lowest BCUT2D eigenvalue weighted by molar-refractivity contribution is -0.151. The van der Waals surface area contributed by atoms with Gasteiger partial charge in [0.05, 0.1) is 24.0 Å². The first kappa shape index (κ1) is 43.0. The van der Waals surface area contributed by atoms with Crippen molar-refractivity contribution in [3.05, 3.63) is 78.2 Å². The van der Waals surface area contributed by atoms with Crippen LogP contribution in [-0.4, -0.2) is 113 Å². The number of carbonyl (C=O) groups is 2. The summed E-state index contributed by atoms with van der Waals surface area (Å²) >= 11 is 6.02. The van der Waals surface area contributed by atoms with E-state index in [2.05, 4.69) is 40.8 Å². The molecule has 4 fully saturated rings. The van der Waals surface area contributed by atoms with E-state index in [9.17, 15) is 41.0 Å². The fourth-order valence-electron chi connectivity index (χ4n) is 8.65. The average molecular weight is 889 g/mol. The molecule has 0 spiro atoms. The summed E-state index contributed by atoms with van der Waals surface area (Å²) in [5, 5.41) is 19.4. The molecule has 330 valence electrons. The van der Waals surface area contributed by atoms with E-state index in [-0.39, 0.29) is 49.6 Å². The number of carbonyl (C=O) groups excluding carboxylic acids is 2. The third-order valence-corrected chi connectivity index (χ3v) is 11.8. The maximum atomic E-state index is 13.5. The highest BCUT2D eigenvalue weighted by Crippen LogP contribution is 2.46. The van der Waals surface area contributed by atoms with Crippen molar-refractivity contribution >= 4 is 64.1 Å². The zero-order valence-corrected chi connectivity index (χ0v) is 33.8. The molecule has 4 amide bonds. The van der Waals surface area contributed by atoms with E-state index < -0.39 is 36.2 Å². The summed E-state index contributed by atoms with van der Waals surface area (Å²) in [6.45, 7) is 3.19. The van der Waals surface area contributed by atoms with Gasteiger partial charge in [-0.25, -0.2) is 34.4 Å². The number of aromatic nitrogens is 4. The lowest BCUT2D eigenvalue weighted by Crippen LogP contribution is -2.58. The minimum absolute atomic E-state index is 0.00219. The largest absolute Gasteiger partial charge is 0.408 e. The Morgan fingerprint density at radius 2 is 1.47 bits per heavy atom. The zero-order chi connectivity index (χ0) is 43.8. The summed E-state index contributed by atoms with van der Waals surface area (Å²) < 4.78 is 75.5. The summed E-state index contributed by atoms with van der Waals surface area (Å²) in [6, 6.07) is 13.7. The van der Waals surface area contributed by atoms with E-state index in [1.54, 1.807) is 53.6 Å². The van der Waals surface area contributed by atoms with Crippen LogP contribution in [0, 0.1) is 0 Å². The van der Waals surface area contributed by atoms with E-state index in [0.29, 0.717) is 60.6 Å². The van der Waals surface area contributed by atoms with Gasteiger partial charge >= 0.3 is 24.4 Å². The molecular weight excluding hydrogens is 846 g/mol. The second-order valence-corrected chi connectivity index (χ2v) is 16.0. The maximum Gasteiger partial charge on any atom is 0.408 e. The number of alkyl halides is 6. The summed E-state index contributed by atoms with van der Waals surface area (Å²) in [6.07, 6.45) is -2.73. The number of fused-ring (bicyclic) bond motifs is 8. The third-order valence-electron chi connectivity index (χ3n) is 11.6. The molecule has 0 aliphatic carbocycles. The van der Waals surface area contributed by atoms with Gasteiger partial charge in [-0.2, -0.15) is 26.3 Å². The quantitative estimate of drug-likeness (QED) is 0.124. The van der Waals surface area contributed by atoms with E-state index >= 15 is 0 Å². The Hall–Kier alpha value is -5.67. The highest BCUT2D eigenvalue weighted by atomic mass is 35.5. The van der Waals surface area contributed by atoms with E-state index in [4.69, 9.17) is 11.6 Å². The predicted molar refractivity (Wildman–Crippen MR) is 221 cm³/mol. The Labute approximate surface area is 357 Å². The highest BCUT2D eigenvalue weighted by molar-refractivity contribution is 6.29. The van der Waals surface area contributed by atoms with Crippen molar-refractivity contribution < 1.29 is 41.0 Å². The second-order valence-electron chi connectivity index (χ2n) is 15.6. The predicted octanol–water partition coefficient (Wildman–Crippen LogP) is 7.02. The molecule has 0 radical (unpaired) electrons. The number of urea groups is 2. The van der Waals surface area contributed by atoms with Crippen molar-refractivity contribution in [1.82, 2.24) is 25.3 Å². The molecule has 0 unspecified atom stereocenters. The van der Waals surface area contributed by atoms with Crippen LogP contribution in [0.2, 0.25) is 5.15 Å². The van der Waals surface area contributed by atoms with Crippen LogP contribution in [0.4, 0.5) is 76.4 Å². The van der Waals surface area contributed by atoms with Crippen LogP contribution in [0.25, 0.3) is 0 Å². The van der Waals surface area contributed by atoms with Crippen LogP contribution >= 0.6 is 11.6 Å². The lowest BCUT2D eigenvalue weighted by Gasteiger charge is -2.41. The molecular formula is C40H43ClF6N12O3. The number of rotatable bonds is 3.